The molecule has 1 aliphatic rings. The average Bonchev–Trinajstić information content (AvgIpc) is 3.12. The number of carbonyl (C=O) groups is 2. The van der Waals surface area contributed by atoms with Crippen LogP contribution in [0.3, 0.4) is 0 Å². The van der Waals surface area contributed by atoms with E-state index in [2.05, 4.69) is 20.9 Å². The second-order valence-electron chi connectivity index (χ2n) is 6.13. The lowest BCUT2D eigenvalue weighted by molar-refractivity contribution is -0.121. The van der Waals surface area contributed by atoms with E-state index in [1.54, 1.807) is 12.1 Å². The molecule has 8 heteroatoms. The number of nitrogens with zero attached hydrogens (tertiary/aromatic N) is 1. The summed E-state index contributed by atoms with van der Waals surface area (Å²) in [6.07, 6.45) is 3.00. The molecule has 2 rings (SSSR count). The van der Waals surface area contributed by atoms with Gasteiger partial charge in [0.2, 0.25) is 5.91 Å². The fourth-order valence-corrected chi connectivity index (χ4v) is 2.74. The number of nitrogens with one attached hydrogen (secondary N) is 3. The predicted octanol–water partition coefficient (Wildman–Crippen LogP) is 1.58. The standard InChI is InChI=1S/C18H28N4O2.2ClH/c1-19-9-8-17(23)21-14-15-4-6-16(7-5-15)18(24)20-10-13-22-11-2-3-12-22;;/h4-7,19H,2-3,8-14H2,1H3,(H,20,24)(H,21,23);2*1H. The summed E-state index contributed by atoms with van der Waals surface area (Å²) in [6.45, 7) is 5.04. The van der Waals surface area contributed by atoms with Crippen LogP contribution in [0.5, 0.6) is 0 Å². The fraction of sp³-hybridized carbons (Fsp3) is 0.556. The van der Waals surface area contributed by atoms with Crippen molar-refractivity contribution >= 4 is 36.6 Å². The summed E-state index contributed by atoms with van der Waals surface area (Å²) >= 11 is 0. The minimum atomic E-state index is -0.0428. The molecule has 1 heterocycles. The molecule has 0 spiro atoms. The summed E-state index contributed by atoms with van der Waals surface area (Å²) in [7, 11) is 1.82. The van der Waals surface area contributed by atoms with E-state index in [4.69, 9.17) is 0 Å². The van der Waals surface area contributed by atoms with Crippen molar-refractivity contribution in [1.29, 1.82) is 0 Å². The van der Waals surface area contributed by atoms with Gasteiger partial charge >= 0.3 is 0 Å². The molecule has 1 aliphatic heterocycles. The summed E-state index contributed by atoms with van der Waals surface area (Å²) in [5.41, 5.74) is 1.64. The minimum absolute atomic E-state index is 0. The third kappa shape index (κ3) is 8.85. The predicted molar refractivity (Wildman–Crippen MR) is 109 cm³/mol. The monoisotopic (exact) mass is 404 g/mol. The Kier molecular flexibility index (Phi) is 13.1. The van der Waals surface area contributed by atoms with Gasteiger partial charge in [-0.15, -0.1) is 24.8 Å². The molecule has 2 amide bonds. The van der Waals surface area contributed by atoms with Crippen molar-refractivity contribution in [2.75, 3.05) is 39.8 Å². The van der Waals surface area contributed by atoms with Gasteiger partial charge in [-0.3, -0.25) is 9.59 Å². The molecular weight excluding hydrogens is 375 g/mol. The Bertz CT molecular complexity index is 534. The van der Waals surface area contributed by atoms with Gasteiger partial charge in [0.15, 0.2) is 0 Å². The third-order valence-corrected chi connectivity index (χ3v) is 4.22. The van der Waals surface area contributed by atoms with Crippen LogP contribution in [-0.4, -0.2) is 56.5 Å². The highest BCUT2D eigenvalue weighted by molar-refractivity contribution is 5.94. The molecule has 0 aromatic heterocycles. The van der Waals surface area contributed by atoms with E-state index < -0.39 is 0 Å². The van der Waals surface area contributed by atoms with E-state index in [0.29, 0.717) is 31.6 Å². The van der Waals surface area contributed by atoms with Crippen molar-refractivity contribution in [2.45, 2.75) is 25.8 Å². The highest BCUT2D eigenvalue weighted by Gasteiger charge is 2.11. The van der Waals surface area contributed by atoms with E-state index >= 15 is 0 Å². The number of hydrogen-bond acceptors (Lipinski definition) is 4. The quantitative estimate of drug-likeness (QED) is 0.584. The average molecular weight is 405 g/mol. The van der Waals surface area contributed by atoms with E-state index in [1.807, 2.05) is 19.2 Å². The van der Waals surface area contributed by atoms with E-state index in [0.717, 1.165) is 25.2 Å². The number of carbonyl (C=O) groups excluding carboxylic acids is 2. The van der Waals surface area contributed by atoms with Crippen LogP contribution in [0.2, 0.25) is 0 Å². The first kappa shape index (κ1) is 24.7. The summed E-state index contributed by atoms with van der Waals surface area (Å²) in [5.74, 6) is -0.0214. The number of hydrogen-bond donors (Lipinski definition) is 3. The third-order valence-electron chi connectivity index (χ3n) is 4.22. The fourth-order valence-electron chi connectivity index (χ4n) is 2.74. The topological polar surface area (TPSA) is 73.5 Å². The Morgan fingerprint density at radius 1 is 1.00 bits per heavy atom. The van der Waals surface area contributed by atoms with Crippen molar-refractivity contribution in [3.8, 4) is 0 Å². The van der Waals surface area contributed by atoms with Gasteiger partial charge in [-0.25, -0.2) is 0 Å². The SMILES string of the molecule is CNCCC(=O)NCc1ccc(C(=O)NCCN2CCCC2)cc1.Cl.Cl. The van der Waals surface area contributed by atoms with Gasteiger partial charge in [-0.2, -0.15) is 0 Å². The molecule has 1 saturated heterocycles. The maximum absolute atomic E-state index is 12.1. The lowest BCUT2D eigenvalue weighted by Crippen LogP contribution is -2.33. The Labute approximate surface area is 168 Å². The maximum Gasteiger partial charge on any atom is 0.251 e. The van der Waals surface area contributed by atoms with Crippen LogP contribution in [0.1, 0.15) is 35.2 Å². The van der Waals surface area contributed by atoms with E-state index in [1.165, 1.54) is 12.8 Å². The molecule has 0 atom stereocenters. The number of likely N-dealkylation sites (tertiary alicyclic amines) is 1. The van der Waals surface area contributed by atoms with Crippen LogP contribution in [0.25, 0.3) is 0 Å². The highest BCUT2D eigenvalue weighted by atomic mass is 35.5. The zero-order valence-electron chi connectivity index (χ0n) is 15.3. The molecule has 26 heavy (non-hydrogen) atoms. The van der Waals surface area contributed by atoms with Gasteiger partial charge in [0.1, 0.15) is 0 Å². The number of rotatable bonds is 9. The van der Waals surface area contributed by atoms with Crippen LogP contribution >= 0.6 is 24.8 Å². The van der Waals surface area contributed by atoms with Crippen molar-refractivity contribution in [1.82, 2.24) is 20.9 Å². The normalized spacial score (nSPS) is 13.4. The summed E-state index contributed by atoms with van der Waals surface area (Å²) in [5, 5.41) is 8.77. The number of halogens is 2. The van der Waals surface area contributed by atoms with Crippen molar-refractivity contribution < 1.29 is 9.59 Å². The molecule has 6 nitrogen and oxygen atoms in total. The molecule has 3 N–H and O–H groups in total. The van der Waals surface area contributed by atoms with Crippen LogP contribution in [0.4, 0.5) is 0 Å². The summed E-state index contributed by atoms with van der Waals surface area (Å²) < 4.78 is 0. The first-order valence-electron chi connectivity index (χ1n) is 8.70. The lowest BCUT2D eigenvalue weighted by atomic mass is 10.1. The first-order chi connectivity index (χ1) is 11.7. The first-order valence-corrected chi connectivity index (χ1v) is 8.70. The second-order valence-corrected chi connectivity index (χ2v) is 6.13. The van der Waals surface area contributed by atoms with Gasteiger partial charge in [-0.05, 0) is 50.7 Å². The Morgan fingerprint density at radius 3 is 2.27 bits per heavy atom. The summed E-state index contributed by atoms with van der Waals surface area (Å²) in [4.78, 5) is 26.0. The van der Waals surface area contributed by atoms with Gasteiger partial charge < -0.3 is 20.9 Å². The number of benzene rings is 1. The zero-order valence-corrected chi connectivity index (χ0v) is 16.9. The Morgan fingerprint density at radius 2 is 1.65 bits per heavy atom. The van der Waals surface area contributed by atoms with E-state index in [9.17, 15) is 9.59 Å². The maximum atomic E-state index is 12.1. The minimum Gasteiger partial charge on any atom is -0.352 e. The summed E-state index contributed by atoms with van der Waals surface area (Å²) in [6, 6.07) is 7.38. The molecule has 0 saturated carbocycles. The molecule has 1 aromatic carbocycles. The van der Waals surface area contributed by atoms with Crippen LogP contribution in [-0.2, 0) is 11.3 Å². The Balaban J connectivity index is 0.00000312. The van der Waals surface area contributed by atoms with Gasteiger partial charge in [0.25, 0.3) is 5.91 Å². The molecule has 0 aliphatic carbocycles. The Hall–Kier alpha value is -1.34. The molecule has 1 aromatic rings. The van der Waals surface area contributed by atoms with Gasteiger partial charge in [0, 0.05) is 38.2 Å². The molecular formula is C18H30Cl2N4O2. The van der Waals surface area contributed by atoms with Gasteiger partial charge in [0.05, 0.1) is 0 Å². The van der Waals surface area contributed by atoms with Crippen molar-refractivity contribution in [3.05, 3.63) is 35.4 Å². The van der Waals surface area contributed by atoms with Crippen LogP contribution in [0.15, 0.2) is 24.3 Å². The zero-order chi connectivity index (χ0) is 17.2. The van der Waals surface area contributed by atoms with Crippen molar-refractivity contribution in [2.24, 2.45) is 0 Å². The van der Waals surface area contributed by atoms with Gasteiger partial charge in [-0.1, -0.05) is 12.1 Å². The lowest BCUT2D eigenvalue weighted by Gasteiger charge is -2.14. The number of amides is 2. The molecule has 0 radical (unpaired) electrons. The van der Waals surface area contributed by atoms with E-state index in [-0.39, 0.29) is 36.6 Å². The molecule has 148 valence electrons. The largest absolute Gasteiger partial charge is 0.352 e. The second kappa shape index (κ2) is 13.8. The molecule has 0 unspecified atom stereocenters. The molecule has 0 bridgehead atoms. The highest BCUT2D eigenvalue weighted by Crippen LogP contribution is 2.06. The molecule has 1 fully saturated rings. The van der Waals surface area contributed by atoms with Crippen molar-refractivity contribution in [3.63, 3.8) is 0 Å². The van der Waals surface area contributed by atoms with Crippen LogP contribution < -0.4 is 16.0 Å². The van der Waals surface area contributed by atoms with Crippen LogP contribution in [0, 0.1) is 0 Å². The smallest absolute Gasteiger partial charge is 0.251 e.